The van der Waals surface area contributed by atoms with E-state index in [2.05, 4.69) is 26.3 Å². The van der Waals surface area contributed by atoms with Crippen LogP contribution in [0.25, 0.3) is 0 Å². The summed E-state index contributed by atoms with van der Waals surface area (Å²) in [4.78, 5) is 27.6. The lowest BCUT2D eigenvalue weighted by Gasteiger charge is -2.26. The van der Waals surface area contributed by atoms with E-state index < -0.39 is 0 Å². The van der Waals surface area contributed by atoms with E-state index >= 15 is 0 Å². The van der Waals surface area contributed by atoms with Gasteiger partial charge in [0, 0.05) is 50.6 Å². The van der Waals surface area contributed by atoms with Gasteiger partial charge in [-0.05, 0) is 24.5 Å². The quantitative estimate of drug-likeness (QED) is 0.349. The van der Waals surface area contributed by atoms with E-state index in [4.69, 9.17) is 0 Å². The maximum absolute atomic E-state index is 11.9. The molecule has 4 N–H and O–H groups in total. The summed E-state index contributed by atoms with van der Waals surface area (Å²) in [5.41, 5.74) is 2.03. The van der Waals surface area contributed by atoms with Crippen molar-refractivity contribution in [2.24, 2.45) is 10.9 Å². The molecule has 1 aromatic rings. The maximum Gasteiger partial charge on any atom is 0.225 e. The fourth-order valence-electron chi connectivity index (χ4n) is 2.98. The number of hydrogen-bond donors (Lipinski definition) is 4. The monoisotopic (exact) mass is 343 g/mol. The van der Waals surface area contributed by atoms with Crippen molar-refractivity contribution in [3.63, 3.8) is 0 Å². The zero-order valence-corrected chi connectivity index (χ0v) is 14.5. The van der Waals surface area contributed by atoms with Gasteiger partial charge in [0.2, 0.25) is 11.8 Å². The molecule has 1 atom stereocenters. The number of anilines is 1. The highest BCUT2D eigenvalue weighted by molar-refractivity contribution is 5.94. The van der Waals surface area contributed by atoms with Crippen LogP contribution in [-0.2, 0) is 9.59 Å². The highest BCUT2D eigenvalue weighted by Crippen LogP contribution is 2.31. The minimum atomic E-state index is 0.0382. The van der Waals surface area contributed by atoms with Crippen LogP contribution in [0.3, 0.4) is 0 Å². The summed E-state index contributed by atoms with van der Waals surface area (Å²) in [5, 5.41) is 12.3. The van der Waals surface area contributed by atoms with Gasteiger partial charge in [0.1, 0.15) is 0 Å². The molecule has 1 saturated carbocycles. The number of aliphatic imine (C=N–C) groups is 1. The number of nitrogens with zero attached hydrogens (tertiary/aromatic N) is 1. The highest BCUT2D eigenvalue weighted by Gasteiger charge is 2.29. The molecule has 1 aliphatic heterocycles. The Kier molecular flexibility index (Phi) is 5.53. The van der Waals surface area contributed by atoms with Gasteiger partial charge in [0.15, 0.2) is 5.96 Å². The van der Waals surface area contributed by atoms with Crippen molar-refractivity contribution in [1.82, 2.24) is 16.0 Å². The van der Waals surface area contributed by atoms with Crippen molar-refractivity contribution >= 4 is 23.5 Å². The summed E-state index contributed by atoms with van der Waals surface area (Å²) >= 11 is 0. The molecule has 2 aliphatic rings. The van der Waals surface area contributed by atoms with E-state index in [1.807, 2.05) is 24.3 Å². The number of hydrogen-bond acceptors (Lipinski definition) is 3. The van der Waals surface area contributed by atoms with Gasteiger partial charge in [-0.25, -0.2) is 0 Å². The van der Waals surface area contributed by atoms with Crippen molar-refractivity contribution in [2.75, 3.05) is 32.0 Å². The summed E-state index contributed by atoms with van der Waals surface area (Å²) in [6.45, 7) is 1.81. The zero-order valence-electron chi connectivity index (χ0n) is 14.5. The molecule has 134 valence electrons. The van der Waals surface area contributed by atoms with Gasteiger partial charge in [-0.2, -0.15) is 0 Å². The molecule has 1 aromatic carbocycles. The normalized spacial score (nSPS) is 19.6. The van der Waals surface area contributed by atoms with Crippen LogP contribution in [-0.4, -0.2) is 44.5 Å². The second-order valence-electron chi connectivity index (χ2n) is 6.48. The fraction of sp³-hybridized carbons (Fsp3) is 0.500. The van der Waals surface area contributed by atoms with Gasteiger partial charge in [-0.1, -0.05) is 18.2 Å². The van der Waals surface area contributed by atoms with Crippen LogP contribution in [0.5, 0.6) is 0 Å². The lowest BCUT2D eigenvalue weighted by Crippen LogP contribution is -2.43. The molecule has 7 heteroatoms. The van der Waals surface area contributed by atoms with Crippen molar-refractivity contribution < 1.29 is 9.59 Å². The molecule has 0 bridgehead atoms. The molecule has 1 heterocycles. The van der Waals surface area contributed by atoms with E-state index in [1.165, 1.54) is 0 Å². The Morgan fingerprint density at radius 3 is 2.72 bits per heavy atom. The summed E-state index contributed by atoms with van der Waals surface area (Å²) in [7, 11) is 1.71. The SMILES string of the molecule is CN=C(NCCNC(=O)C1CC1)NCC1CC(=O)Nc2ccccc21. The number of carbonyl (C=O) groups is 2. The number of para-hydroxylation sites is 1. The lowest BCUT2D eigenvalue weighted by atomic mass is 9.90. The Morgan fingerprint density at radius 1 is 1.20 bits per heavy atom. The first kappa shape index (κ1) is 17.3. The maximum atomic E-state index is 11.9. The zero-order chi connectivity index (χ0) is 17.6. The van der Waals surface area contributed by atoms with Crippen molar-refractivity contribution in [3.05, 3.63) is 29.8 Å². The molecule has 25 heavy (non-hydrogen) atoms. The Hall–Kier alpha value is -2.57. The van der Waals surface area contributed by atoms with Crippen LogP contribution in [0.1, 0.15) is 30.7 Å². The number of guanidine groups is 1. The van der Waals surface area contributed by atoms with Gasteiger partial charge >= 0.3 is 0 Å². The molecular weight excluding hydrogens is 318 g/mol. The molecule has 0 aromatic heterocycles. The second-order valence-corrected chi connectivity index (χ2v) is 6.48. The van der Waals surface area contributed by atoms with Crippen LogP contribution >= 0.6 is 0 Å². The van der Waals surface area contributed by atoms with Gasteiger partial charge in [-0.15, -0.1) is 0 Å². The Balaban J connectivity index is 1.45. The predicted molar refractivity (Wildman–Crippen MR) is 97.5 cm³/mol. The predicted octanol–water partition coefficient (Wildman–Crippen LogP) is 0.804. The van der Waals surface area contributed by atoms with E-state index in [-0.39, 0.29) is 23.7 Å². The van der Waals surface area contributed by atoms with E-state index in [0.29, 0.717) is 32.0 Å². The number of nitrogens with one attached hydrogen (secondary N) is 4. The van der Waals surface area contributed by atoms with E-state index in [0.717, 1.165) is 24.1 Å². The molecule has 2 amide bonds. The molecule has 1 aliphatic carbocycles. The summed E-state index contributed by atoms with van der Waals surface area (Å²) in [5.74, 6) is 1.20. The molecule has 0 saturated heterocycles. The van der Waals surface area contributed by atoms with Crippen LogP contribution < -0.4 is 21.3 Å². The summed E-state index contributed by atoms with van der Waals surface area (Å²) in [6, 6.07) is 7.88. The van der Waals surface area contributed by atoms with Gasteiger partial charge in [0.25, 0.3) is 0 Å². The standard InChI is InChI=1S/C18H25N5O2/c1-19-18(21-9-8-20-17(25)12-6-7-12)22-11-13-10-16(24)23-15-5-3-2-4-14(13)15/h2-5,12-13H,6-11H2,1H3,(H,20,25)(H,23,24)(H2,19,21,22). The third-order valence-electron chi connectivity index (χ3n) is 4.51. The van der Waals surface area contributed by atoms with Crippen LogP contribution in [0, 0.1) is 5.92 Å². The minimum Gasteiger partial charge on any atom is -0.356 e. The van der Waals surface area contributed by atoms with Crippen molar-refractivity contribution in [2.45, 2.75) is 25.2 Å². The second kappa shape index (κ2) is 8.00. The average molecular weight is 343 g/mol. The van der Waals surface area contributed by atoms with Gasteiger partial charge < -0.3 is 21.3 Å². The minimum absolute atomic E-state index is 0.0382. The van der Waals surface area contributed by atoms with Crippen molar-refractivity contribution in [1.29, 1.82) is 0 Å². The molecule has 3 rings (SSSR count). The smallest absolute Gasteiger partial charge is 0.225 e. The molecule has 1 fully saturated rings. The first-order valence-corrected chi connectivity index (χ1v) is 8.78. The number of fused-ring (bicyclic) bond motifs is 1. The fourth-order valence-corrected chi connectivity index (χ4v) is 2.98. The number of amides is 2. The first-order chi connectivity index (χ1) is 12.2. The molecule has 7 nitrogen and oxygen atoms in total. The molecule has 0 spiro atoms. The van der Waals surface area contributed by atoms with E-state index in [9.17, 15) is 9.59 Å². The van der Waals surface area contributed by atoms with Crippen LogP contribution in [0.4, 0.5) is 5.69 Å². The summed E-state index contributed by atoms with van der Waals surface area (Å²) in [6.07, 6.45) is 2.48. The van der Waals surface area contributed by atoms with E-state index in [1.54, 1.807) is 7.05 Å². The summed E-state index contributed by atoms with van der Waals surface area (Å²) < 4.78 is 0. The van der Waals surface area contributed by atoms with Crippen LogP contribution in [0.15, 0.2) is 29.3 Å². The molecular formula is C18H25N5O2. The topological polar surface area (TPSA) is 94.6 Å². The van der Waals surface area contributed by atoms with Crippen molar-refractivity contribution in [3.8, 4) is 0 Å². The number of rotatable bonds is 6. The third kappa shape index (κ3) is 4.71. The lowest BCUT2D eigenvalue weighted by molar-refractivity contribution is -0.122. The molecule has 0 radical (unpaired) electrons. The Bertz CT molecular complexity index is 669. The first-order valence-electron chi connectivity index (χ1n) is 8.78. The number of benzene rings is 1. The number of carbonyl (C=O) groups excluding carboxylic acids is 2. The Morgan fingerprint density at radius 2 is 1.96 bits per heavy atom. The Labute approximate surface area is 147 Å². The highest BCUT2D eigenvalue weighted by atomic mass is 16.2. The average Bonchev–Trinajstić information content (AvgIpc) is 3.45. The largest absolute Gasteiger partial charge is 0.356 e. The third-order valence-corrected chi connectivity index (χ3v) is 4.51. The molecule has 1 unspecified atom stereocenters. The van der Waals surface area contributed by atoms with Gasteiger partial charge in [0.05, 0.1) is 0 Å². The van der Waals surface area contributed by atoms with Gasteiger partial charge in [-0.3, -0.25) is 14.6 Å². The van der Waals surface area contributed by atoms with Crippen LogP contribution in [0.2, 0.25) is 0 Å².